The number of nitrogens with one attached hydrogen (secondary N) is 1. The Morgan fingerprint density at radius 3 is 2.41 bits per heavy atom. The van der Waals surface area contributed by atoms with E-state index in [4.69, 9.17) is 16.3 Å². The van der Waals surface area contributed by atoms with Crippen molar-refractivity contribution >= 4 is 50.6 Å². The molecule has 4 aromatic rings. The minimum absolute atomic E-state index is 0.142. The Hall–Kier alpha value is -3.23. The number of esters is 1. The van der Waals surface area contributed by atoms with E-state index in [1.807, 2.05) is 17.5 Å². The van der Waals surface area contributed by atoms with E-state index in [0.717, 1.165) is 38.3 Å². The molecule has 0 radical (unpaired) electrons. The summed E-state index contributed by atoms with van der Waals surface area (Å²) in [5.41, 5.74) is 3.24. The SMILES string of the molecule is COC(=O)c1c(-c2ccc(Cl)cc2)csc1NC(=O)CN1CCN(Cc2cccc3ccccc23)CC1. The molecule has 0 unspecified atom stereocenters. The van der Waals surface area contributed by atoms with Gasteiger partial charge in [0.05, 0.1) is 13.7 Å². The molecule has 6 nitrogen and oxygen atoms in total. The van der Waals surface area contributed by atoms with Gasteiger partial charge in [-0.3, -0.25) is 14.6 Å². The molecule has 1 aliphatic heterocycles. The van der Waals surface area contributed by atoms with Crippen molar-refractivity contribution in [2.45, 2.75) is 6.54 Å². The second-order valence-corrected chi connectivity index (χ2v) is 10.4. The summed E-state index contributed by atoms with van der Waals surface area (Å²) in [6, 6.07) is 22.2. The van der Waals surface area contributed by atoms with E-state index in [1.54, 1.807) is 12.1 Å². The van der Waals surface area contributed by atoms with Crippen LogP contribution in [0.4, 0.5) is 5.00 Å². The second kappa shape index (κ2) is 11.4. The summed E-state index contributed by atoms with van der Waals surface area (Å²) in [6.45, 7) is 4.57. The van der Waals surface area contributed by atoms with Gasteiger partial charge < -0.3 is 10.1 Å². The van der Waals surface area contributed by atoms with E-state index in [9.17, 15) is 9.59 Å². The topological polar surface area (TPSA) is 61.9 Å². The number of benzene rings is 3. The lowest BCUT2D eigenvalue weighted by molar-refractivity contribution is -0.117. The first-order chi connectivity index (χ1) is 18.0. The number of thiophene rings is 1. The van der Waals surface area contributed by atoms with Gasteiger partial charge >= 0.3 is 5.97 Å². The average Bonchev–Trinajstić information content (AvgIpc) is 3.33. The molecule has 0 aliphatic carbocycles. The number of carbonyl (C=O) groups is 2. The minimum atomic E-state index is -0.483. The third-order valence-electron chi connectivity index (χ3n) is 6.69. The summed E-state index contributed by atoms with van der Waals surface area (Å²) in [6.07, 6.45) is 0. The zero-order chi connectivity index (χ0) is 25.8. The monoisotopic (exact) mass is 533 g/mol. The predicted octanol–water partition coefficient (Wildman–Crippen LogP) is 5.76. The molecule has 1 fully saturated rings. The van der Waals surface area contributed by atoms with Gasteiger partial charge in [0, 0.05) is 48.7 Å². The molecule has 1 amide bonds. The first kappa shape index (κ1) is 25.4. The normalized spacial score (nSPS) is 14.5. The summed E-state index contributed by atoms with van der Waals surface area (Å²) in [5, 5.41) is 8.47. The Bertz CT molecular complexity index is 1410. The number of nitrogens with zero attached hydrogens (tertiary/aromatic N) is 2. The van der Waals surface area contributed by atoms with Crippen LogP contribution in [0.1, 0.15) is 15.9 Å². The van der Waals surface area contributed by atoms with Crippen molar-refractivity contribution in [2.75, 3.05) is 45.2 Å². The summed E-state index contributed by atoms with van der Waals surface area (Å²) in [5.74, 6) is -0.624. The standard InChI is InChI=1S/C29H28ClN3O3S/c1-36-29(35)27-25(21-9-11-23(30)12-10-21)19-37-28(27)31-26(34)18-33-15-13-32(14-16-33)17-22-7-4-6-20-5-2-3-8-24(20)22/h2-12,19H,13-18H2,1H3,(H,31,34). The zero-order valence-corrected chi connectivity index (χ0v) is 22.1. The van der Waals surface area contributed by atoms with Gasteiger partial charge in [-0.05, 0) is 34.0 Å². The molecule has 1 saturated heterocycles. The van der Waals surface area contributed by atoms with Crippen LogP contribution in [0.3, 0.4) is 0 Å². The third kappa shape index (κ3) is 5.86. The average molecular weight is 534 g/mol. The maximum absolute atomic E-state index is 12.9. The van der Waals surface area contributed by atoms with Crippen LogP contribution in [0.15, 0.2) is 72.1 Å². The number of fused-ring (bicyclic) bond motifs is 1. The quantitative estimate of drug-likeness (QED) is 0.306. The van der Waals surface area contributed by atoms with Crippen LogP contribution in [0.5, 0.6) is 0 Å². The highest BCUT2D eigenvalue weighted by molar-refractivity contribution is 7.15. The highest BCUT2D eigenvalue weighted by atomic mass is 35.5. The molecule has 1 N–H and O–H groups in total. The van der Waals surface area contributed by atoms with Gasteiger partial charge in [-0.25, -0.2) is 4.79 Å². The fourth-order valence-corrected chi connectivity index (χ4v) is 5.84. The number of methoxy groups -OCH3 is 1. The van der Waals surface area contributed by atoms with Gasteiger partial charge in [-0.1, -0.05) is 66.2 Å². The van der Waals surface area contributed by atoms with Crippen LogP contribution < -0.4 is 5.32 Å². The number of hydrogen-bond donors (Lipinski definition) is 1. The van der Waals surface area contributed by atoms with E-state index < -0.39 is 5.97 Å². The van der Waals surface area contributed by atoms with Crippen LogP contribution in [0.2, 0.25) is 5.02 Å². The molecule has 0 atom stereocenters. The number of amides is 1. The van der Waals surface area contributed by atoms with Gasteiger partial charge in [0.25, 0.3) is 0 Å². The fourth-order valence-electron chi connectivity index (χ4n) is 4.74. The number of halogens is 1. The number of carbonyl (C=O) groups excluding carboxylic acids is 2. The van der Waals surface area contributed by atoms with Crippen LogP contribution in [0, 0.1) is 0 Å². The molecule has 8 heteroatoms. The van der Waals surface area contributed by atoms with Crippen molar-refractivity contribution in [3.05, 3.63) is 88.3 Å². The van der Waals surface area contributed by atoms with Crippen molar-refractivity contribution < 1.29 is 14.3 Å². The largest absolute Gasteiger partial charge is 0.465 e. The van der Waals surface area contributed by atoms with Crippen molar-refractivity contribution in [2.24, 2.45) is 0 Å². The Labute approximate surface area is 225 Å². The van der Waals surface area contributed by atoms with Crippen molar-refractivity contribution in [3.63, 3.8) is 0 Å². The van der Waals surface area contributed by atoms with E-state index in [-0.39, 0.29) is 12.5 Å². The van der Waals surface area contributed by atoms with Gasteiger partial charge in [0.1, 0.15) is 10.6 Å². The highest BCUT2D eigenvalue weighted by Crippen LogP contribution is 2.36. The number of hydrogen-bond acceptors (Lipinski definition) is 6. The summed E-state index contributed by atoms with van der Waals surface area (Å²) in [4.78, 5) is 30.1. The highest BCUT2D eigenvalue weighted by Gasteiger charge is 2.24. The second-order valence-electron chi connectivity index (χ2n) is 9.09. The fraction of sp³-hybridized carbons (Fsp3) is 0.241. The molecule has 1 aliphatic rings. The molecule has 3 aromatic carbocycles. The summed E-state index contributed by atoms with van der Waals surface area (Å²) >= 11 is 7.33. The van der Waals surface area contributed by atoms with E-state index >= 15 is 0 Å². The molecule has 37 heavy (non-hydrogen) atoms. The van der Waals surface area contributed by atoms with Gasteiger partial charge in [0.15, 0.2) is 0 Å². The molecular formula is C29H28ClN3O3S. The number of rotatable bonds is 7. The lowest BCUT2D eigenvalue weighted by Gasteiger charge is -2.34. The number of piperazine rings is 1. The molecule has 0 bridgehead atoms. The van der Waals surface area contributed by atoms with Crippen molar-refractivity contribution in [1.29, 1.82) is 0 Å². The first-order valence-corrected chi connectivity index (χ1v) is 13.4. The summed E-state index contributed by atoms with van der Waals surface area (Å²) < 4.78 is 5.01. The van der Waals surface area contributed by atoms with Crippen LogP contribution in [0.25, 0.3) is 21.9 Å². The number of ether oxygens (including phenoxy) is 1. The third-order valence-corrected chi connectivity index (χ3v) is 7.84. The Balaban J connectivity index is 1.20. The molecule has 0 spiro atoms. The molecule has 5 rings (SSSR count). The van der Waals surface area contributed by atoms with E-state index in [1.165, 1.54) is 34.8 Å². The Morgan fingerprint density at radius 2 is 1.65 bits per heavy atom. The Kier molecular flexibility index (Phi) is 7.86. The maximum atomic E-state index is 12.9. The van der Waals surface area contributed by atoms with Gasteiger partial charge in [0.2, 0.25) is 5.91 Å². The van der Waals surface area contributed by atoms with Crippen LogP contribution in [-0.4, -0.2) is 61.5 Å². The zero-order valence-electron chi connectivity index (χ0n) is 20.6. The first-order valence-electron chi connectivity index (χ1n) is 12.2. The van der Waals surface area contributed by atoms with Crippen LogP contribution in [-0.2, 0) is 16.1 Å². The molecule has 0 saturated carbocycles. The van der Waals surface area contributed by atoms with Crippen molar-refractivity contribution in [3.8, 4) is 11.1 Å². The van der Waals surface area contributed by atoms with Gasteiger partial charge in [-0.2, -0.15) is 0 Å². The van der Waals surface area contributed by atoms with Crippen LogP contribution >= 0.6 is 22.9 Å². The molecule has 2 heterocycles. The van der Waals surface area contributed by atoms with Gasteiger partial charge in [-0.15, -0.1) is 11.3 Å². The lowest BCUT2D eigenvalue weighted by atomic mass is 10.0. The minimum Gasteiger partial charge on any atom is -0.465 e. The molecular weight excluding hydrogens is 506 g/mol. The molecule has 1 aromatic heterocycles. The Morgan fingerprint density at radius 1 is 0.946 bits per heavy atom. The number of anilines is 1. The molecule has 190 valence electrons. The maximum Gasteiger partial charge on any atom is 0.341 e. The van der Waals surface area contributed by atoms with E-state index in [2.05, 4.69) is 57.6 Å². The predicted molar refractivity (Wildman–Crippen MR) is 150 cm³/mol. The lowest BCUT2D eigenvalue weighted by Crippen LogP contribution is -2.48. The smallest absolute Gasteiger partial charge is 0.341 e. The van der Waals surface area contributed by atoms with Crippen molar-refractivity contribution in [1.82, 2.24) is 9.80 Å². The van der Waals surface area contributed by atoms with E-state index in [0.29, 0.717) is 21.2 Å². The summed E-state index contributed by atoms with van der Waals surface area (Å²) in [7, 11) is 1.34.